The highest BCUT2D eigenvalue weighted by molar-refractivity contribution is 8.22. The molecule has 1 saturated carbocycles. The summed E-state index contributed by atoms with van der Waals surface area (Å²) in [5.41, 5.74) is 0. The Kier molecular flexibility index (Phi) is 2.75. The average Bonchev–Trinajstić information content (AvgIpc) is 2.18. The van der Waals surface area contributed by atoms with Gasteiger partial charge in [-0.3, -0.25) is 0 Å². The SMILES string of the molecule is C=S(C)C1(S)CCC(C)C1C. The van der Waals surface area contributed by atoms with Crippen molar-refractivity contribution >= 4 is 29.0 Å². The standard InChI is InChI=1S/C9H18S2/c1-7-5-6-9(10,8(7)2)11(3)4/h7-8,10H,3,5-6H2,1-2,4H3. The van der Waals surface area contributed by atoms with E-state index in [0.29, 0.717) is 0 Å². The zero-order valence-electron chi connectivity index (χ0n) is 7.63. The molecule has 0 aromatic rings. The fourth-order valence-corrected chi connectivity index (χ4v) is 3.57. The molecule has 1 rings (SSSR count). The zero-order chi connectivity index (χ0) is 8.65. The lowest BCUT2D eigenvalue weighted by Gasteiger charge is -2.30. The summed E-state index contributed by atoms with van der Waals surface area (Å²) >= 11 is 4.78. The molecule has 1 fully saturated rings. The number of thiol groups is 1. The highest BCUT2D eigenvalue weighted by Crippen LogP contribution is 2.52. The maximum absolute atomic E-state index is 4.78. The van der Waals surface area contributed by atoms with Crippen LogP contribution < -0.4 is 0 Å². The Hall–Kier alpha value is 0.570. The van der Waals surface area contributed by atoms with Crippen molar-refractivity contribution in [1.29, 1.82) is 0 Å². The van der Waals surface area contributed by atoms with E-state index in [9.17, 15) is 0 Å². The Balaban J connectivity index is 2.81. The van der Waals surface area contributed by atoms with Gasteiger partial charge in [0.05, 0.1) is 4.08 Å². The topological polar surface area (TPSA) is 0 Å². The summed E-state index contributed by atoms with van der Waals surface area (Å²) in [6.45, 7) is 4.65. The molecule has 1 aliphatic carbocycles. The van der Waals surface area contributed by atoms with Gasteiger partial charge in [0.25, 0.3) is 0 Å². The predicted molar refractivity (Wildman–Crippen MR) is 59.9 cm³/mol. The molecule has 0 radical (unpaired) electrons. The molecule has 0 aromatic heterocycles. The molecule has 4 unspecified atom stereocenters. The summed E-state index contributed by atoms with van der Waals surface area (Å²) < 4.78 is 0.236. The van der Waals surface area contributed by atoms with E-state index in [-0.39, 0.29) is 14.6 Å². The van der Waals surface area contributed by atoms with Crippen molar-refractivity contribution in [2.24, 2.45) is 11.8 Å². The highest BCUT2D eigenvalue weighted by Gasteiger charge is 2.41. The Bertz CT molecular complexity index is 176. The molecule has 0 spiro atoms. The van der Waals surface area contributed by atoms with E-state index in [1.165, 1.54) is 12.8 Å². The molecule has 0 N–H and O–H groups in total. The van der Waals surface area contributed by atoms with Crippen molar-refractivity contribution in [2.75, 3.05) is 6.26 Å². The summed E-state index contributed by atoms with van der Waals surface area (Å²) in [5, 5.41) is 0. The lowest BCUT2D eigenvalue weighted by molar-refractivity contribution is 0.452. The van der Waals surface area contributed by atoms with Crippen molar-refractivity contribution in [3.05, 3.63) is 0 Å². The fourth-order valence-electron chi connectivity index (χ4n) is 1.85. The Labute approximate surface area is 78.1 Å². The van der Waals surface area contributed by atoms with Crippen molar-refractivity contribution in [2.45, 2.75) is 30.8 Å². The zero-order valence-corrected chi connectivity index (χ0v) is 9.34. The third-order valence-corrected chi connectivity index (χ3v) is 6.48. The minimum Gasteiger partial charge on any atom is -0.180 e. The van der Waals surface area contributed by atoms with Gasteiger partial charge in [-0.1, -0.05) is 19.7 Å². The molecule has 0 heterocycles. The minimum absolute atomic E-state index is 0.207. The smallest absolute Gasteiger partial charge is 0.0553 e. The van der Waals surface area contributed by atoms with Gasteiger partial charge in [-0.25, -0.2) is 0 Å². The molecule has 0 amide bonds. The van der Waals surface area contributed by atoms with Crippen LogP contribution in [0.1, 0.15) is 26.7 Å². The lowest BCUT2D eigenvalue weighted by Crippen LogP contribution is -2.23. The maximum atomic E-state index is 4.78. The quantitative estimate of drug-likeness (QED) is 0.477. The van der Waals surface area contributed by atoms with Crippen molar-refractivity contribution in [1.82, 2.24) is 0 Å². The number of rotatable bonds is 1. The van der Waals surface area contributed by atoms with E-state index < -0.39 is 0 Å². The van der Waals surface area contributed by atoms with Crippen molar-refractivity contribution in [3.8, 4) is 0 Å². The highest BCUT2D eigenvalue weighted by atomic mass is 32.2. The molecule has 66 valence electrons. The Morgan fingerprint density at radius 3 is 2.27 bits per heavy atom. The van der Waals surface area contributed by atoms with Gasteiger partial charge in [-0.2, -0.15) is 23.1 Å². The molecule has 2 heteroatoms. The summed E-state index contributed by atoms with van der Waals surface area (Å²) in [4.78, 5) is 0. The first kappa shape index (κ1) is 9.66. The first-order valence-electron chi connectivity index (χ1n) is 4.16. The van der Waals surface area contributed by atoms with Crippen LogP contribution in [0.15, 0.2) is 0 Å². The van der Waals surface area contributed by atoms with Gasteiger partial charge in [0.15, 0.2) is 0 Å². The van der Waals surface area contributed by atoms with Crippen LogP contribution in [0.25, 0.3) is 0 Å². The molecule has 11 heavy (non-hydrogen) atoms. The number of hydrogen-bond acceptors (Lipinski definition) is 1. The monoisotopic (exact) mass is 190 g/mol. The average molecular weight is 190 g/mol. The van der Waals surface area contributed by atoms with Gasteiger partial charge in [-0.05, 0) is 30.9 Å². The molecular formula is C9H18S2. The Morgan fingerprint density at radius 2 is 2.09 bits per heavy atom. The molecule has 0 bridgehead atoms. The molecule has 1 aliphatic rings. The predicted octanol–water partition coefficient (Wildman–Crippen LogP) is 3.01. The van der Waals surface area contributed by atoms with Crippen LogP contribution in [0, 0.1) is 11.8 Å². The molecule has 0 nitrogen and oxygen atoms in total. The van der Waals surface area contributed by atoms with E-state index in [2.05, 4.69) is 26.0 Å². The minimum atomic E-state index is 0.207. The molecule has 0 aliphatic heterocycles. The Morgan fingerprint density at radius 1 is 1.55 bits per heavy atom. The van der Waals surface area contributed by atoms with E-state index in [4.69, 9.17) is 12.6 Å². The summed E-state index contributed by atoms with van der Waals surface area (Å²) in [7, 11) is 0.207. The molecule has 0 aromatic carbocycles. The van der Waals surface area contributed by atoms with E-state index >= 15 is 0 Å². The van der Waals surface area contributed by atoms with E-state index in [1.807, 2.05) is 0 Å². The largest absolute Gasteiger partial charge is 0.180 e. The van der Waals surface area contributed by atoms with Gasteiger partial charge in [0, 0.05) is 0 Å². The first-order chi connectivity index (χ1) is 4.98. The van der Waals surface area contributed by atoms with E-state index in [0.717, 1.165) is 11.8 Å². The van der Waals surface area contributed by atoms with Crippen molar-refractivity contribution in [3.63, 3.8) is 0 Å². The summed E-state index contributed by atoms with van der Waals surface area (Å²) in [6.07, 6.45) is 4.79. The van der Waals surface area contributed by atoms with Crippen LogP contribution >= 0.6 is 23.1 Å². The van der Waals surface area contributed by atoms with Gasteiger partial charge in [0.1, 0.15) is 0 Å². The van der Waals surface area contributed by atoms with Gasteiger partial charge >= 0.3 is 0 Å². The van der Waals surface area contributed by atoms with Crippen LogP contribution in [0.4, 0.5) is 0 Å². The maximum Gasteiger partial charge on any atom is 0.0553 e. The van der Waals surface area contributed by atoms with Crippen molar-refractivity contribution < 1.29 is 0 Å². The van der Waals surface area contributed by atoms with Gasteiger partial charge in [-0.15, -0.1) is 0 Å². The summed E-state index contributed by atoms with van der Waals surface area (Å²) in [6, 6.07) is 0. The molecule has 0 saturated heterocycles. The normalized spacial score (nSPS) is 47.6. The van der Waals surface area contributed by atoms with Crippen LogP contribution in [-0.4, -0.2) is 16.2 Å². The number of hydrogen-bond donors (Lipinski definition) is 1. The lowest BCUT2D eigenvalue weighted by atomic mass is 10.0. The van der Waals surface area contributed by atoms with Gasteiger partial charge < -0.3 is 0 Å². The van der Waals surface area contributed by atoms with Crippen LogP contribution in [0.3, 0.4) is 0 Å². The third kappa shape index (κ3) is 1.52. The van der Waals surface area contributed by atoms with Gasteiger partial charge in [0.2, 0.25) is 0 Å². The van der Waals surface area contributed by atoms with Crippen LogP contribution in [-0.2, 0) is 0 Å². The second-order valence-electron chi connectivity index (χ2n) is 3.79. The summed E-state index contributed by atoms with van der Waals surface area (Å²) in [5.74, 6) is 5.70. The fraction of sp³-hybridized carbons (Fsp3) is 0.889. The second-order valence-corrected chi connectivity index (χ2v) is 6.89. The van der Waals surface area contributed by atoms with Crippen LogP contribution in [0.5, 0.6) is 0 Å². The molecular weight excluding hydrogens is 172 g/mol. The first-order valence-corrected chi connectivity index (χ1v) is 6.41. The third-order valence-electron chi connectivity index (χ3n) is 3.13. The second kappa shape index (κ2) is 3.14. The van der Waals surface area contributed by atoms with E-state index in [1.54, 1.807) is 0 Å². The van der Waals surface area contributed by atoms with Crippen LogP contribution in [0.2, 0.25) is 0 Å². The molecule has 4 atom stereocenters.